The number of piperidine rings is 1. The monoisotopic (exact) mass is 553 g/mol. The molecule has 0 atom stereocenters. The highest BCUT2D eigenvalue weighted by molar-refractivity contribution is 6.28. The molecule has 4 rings (SSSR count). The number of ether oxygens (including phenoxy) is 1. The number of hydrogen-bond donors (Lipinski definition) is 2. The van der Waals surface area contributed by atoms with Crippen LogP contribution in [0.3, 0.4) is 0 Å². The average molecular weight is 554 g/mol. The Morgan fingerprint density at radius 3 is 2.26 bits per heavy atom. The molecule has 11 heteroatoms. The van der Waals surface area contributed by atoms with Crippen LogP contribution in [0.25, 0.3) is 11.1 Å². The summed E-state index contributed by atoms with van der Waals surface area (Å²) >= 11 is 6.13. The molecule has 3 aromatic rings. The highest BCUT2D eigenvalue weighted by atomic mass is 35.5. The third-order valence-corrected chi connectivity index (χ3v) is 6.43. The number of rotatable bonds is 5. The van der Waals surface area contributed by atoms with Crippen LogP contribution in [0.5, 0.6) is 0 Å². The van der Waals surface area contributed by atoms with Crippen molar-refractivity contribution in [2.75, 3.05) is 23.7 Å². The van der Waals surface area contributed by atoms with Crippen LogP contribution in [0.1, 0.15) is 60.4 Å². The van der Waals surface area contributed by atoms with Gasteiger partial charge in [-0.1, -0.05) is 20.8 Å². The number of carbonyl (C=O) groups excluding carboxylic acids is 2. The minimum absolute atomic E-state index is 0.0550. The first-order valence-corrected chi connectivity index (χ1v) is 13.4. The van der Waals surface area contributed by atoms with E-state index in [-0.39, 0.29) is 23.3 Å². The van der Waals surface area contributed by atoms with Crippen molar-refractivity contribution in [3.63, 3.8) is 0 Å². The summed E-state index contributed by atoms with van der Waals surface area (Å²) in [4.78, 5) is 35.0. The summed E-state index contributed by atoms with van der Waals surface area (Å²) < 4.78 is 7.44. The van der Waals surface area contributed by atoms with Crippen LogP contribution in [-0.4, -0.2) is 55.3 Å². The van der Waals surface area contributed by atoms with Gasteiger partial charge in [-0.05, 0) is 69.5 Å². The van der Waals surface area contributed by atoms with Crippen molar-refractivity contribution >= 4 is 40.8 Å². The number of halogens is 1. The van der Waals surface area contributed by atoms with Crippen molar-refractivity contribution in [2.24, 2.45) is 5.41 Å². The van der Waals surface area contributed by atoms with Crippen LogP contribution in [0.4, 0.5) is 22.0 Å². The van der Waals surface area contributed by atoms with Gasteiger partial charge < -0.3 is 20.3 Å². The van der Waals surface area contributed by atoms with E-state index in [0.29, 0.717) is 24.6 Å². The molecule has 0 spiro atoms. The average Bonchev–Trinajstić information content (AvgIpc) is 3.34. The molecule has 3 heterocycles. The molecular weight excluding hydrogens is 518 g/mol. The molecule has 0 bridgehead atoms. The Hall–Kier alpha value is -3.66. The van der Waals surface area contributed by atoms with Crippen molar-refractivity contribution in [3.8, 4) is 11.1 Å². The zero-order valence-electron chi connectivity index (χ0n) is 23.3. The summed E-state index contributed by atoms with van der Waals surface area (Å²) in [5.41, 5.74) is 2.09. The van der Waals surface area contributed by atoms with Gasteiger partial charge >= 0.3 is 6.09 Å². The summed E-state index contributed by atoms with van der Waals surface area (Å²) in [5, 5.41) is 10.9. The van der Waals surface area contributed by atoms with Gasteiger partial charge in [0.1, 0.15) is 11.4 Å². The van der Waals surface area contributed by atoms with E-state index in [0.717, 1.165) is 29.7 Å². The molecule has 1 aliphatic rings. The molecule has 0 unspecified atom stereocenters. The number of anilines is 3. The van der Waals surface area contributed by atoms with Crippen molar-refractivity contribution in [1.82, 2.24) is 24.6 Å². The van der Waals surface area contributed by atoms with Gasteiger partial charge in [0, 0.05) is 53.4 Å². The van der Waals surface area contributed by atoms with E-state index >= 15 is 0 Å². The molecular formula is C28H36ClN7O3. The second-order valence-electron chi connectivity index (χ2n) is 11.7. The van der Waals surface area contributed by atoms with E-state index < -0.39 is 11.0 Å². The fraction of sp³-hybridized carbons (Fsp3) is 0.464. The van der Waals surface area contributed by atoms with Gasteiger partial charge in [-0.3, -0.25) is 9.48 Å². The molecule has 2 amide bonds. The predicted octanol–water partition coefficient (Wildman–Crippen LogP) is 6.29. The Morgan fingerprint density at radius 2 is 1.64 bits per heavy atom. The van der Waals surface area contributed by atoms with Gasteiger partial charge in [0.15, 0.2) is 0 Å². The molecule has 1 saturated heterocycles. The fourth-order valence-electron chi connectivity index (χ4n) is 4.08. The minimum Gasteiger partial charge on any atom is -0.444 e. The van der Waals surface area contributed by atoms with E-state index in [4.69, 9.17) is 16.3 Å². The highest BCUT2D eigenvalue weighted by Crippen LogP contribution is 2.31. The van der Waals surface area contributed by atoms with Crippen LogP contribution >= 0.6 is 11.6 Å². The highest BCUT2D eigenvalue weighted by Gasteiger charge is 2.28. The zero-order valence-corrected chi connectivity index (χ0v) is 24.0. The van der Waals surface area contributed by atoms with Crippen molar-refractivity contribution in [2.45, 2.75) is 66.0 Å². The molecule has 10 nitrogen and oxygen atoms in total. The molecule has 0 saturated carbocycles. The lowest BCUT2D eigenvalue weighted by atomic mass is 9.95. The molecule has 2 aromatic heterocycles. The van der Waals surface area contributed by atoms with Crippen molar-refractivity contribution in [1.29, 1.82) is 0 Å². The smallest absolute Gasteiger partial charge is 0.410 e. The largest absolute Gasteiger partial charge is 0.444 e. The maximum atomic E-state index is 12.4. The number of likely N-dealkylation sites (tertiary alicyclic amines) is 1. The van der Waals surface area contributed by atoms with Crippen LogP contribution in [-0.2, 0) is 9.53 Å². The van der Waals surface area contributed by atoms with Crippen LogP contribution in [0, 0.1) is 5.41 Å². The van der Waals surface area contributed by atoms with E-state index in [1.54, 1.807) is 17.3 Å². The number of carbonyl (C=O) groups is 2. The van der Waals surface area contributed by atoms with Gasteiger partial charge in [0.2, 0.25) is 11.2 Å². The van der Waals surface area contributed by atoms with Gasteiger partial charge in [-0.25, -0.2) is 9.78 Å². The maximum absolute atomic E-state index is 12.4. The standard InChI is InChI=1S/C28H36ClN7O3/c1-27(2,3)24(37)33-20-9-7-19(8-10-20)32-23-22(16-30-25(29)34-23)18-15-31-36(17-18)21-11-13-35(14-12-21)26(38)39-28(4,5)6/h7-10,15-17,21H,11-14H2,1-6H3,(H,33,37)(H,30,32,34). The number of amides is 2. The first-order valence-electron chi connectivity index (χ1n) is 13.0. The van der Waals surface area contributed by atoms with Gasteiger partial charge in [0.25, 0.3) is 0 Å². The van der Waals surface area contributed by atoms with Gasteiger partial charge in [-0.2, -0.15) is 10.1 Å². The lowest BCUT2D eigenvalue weighted by Crippen LogP contribution is -2.42. The third-order valence-electron chi connectivity index (χ3n) is 6.25. The minimum atomic E-state index is -0.512. The second kappa shape index (κ2) is 11.2. The van der Waals surface area contributed by atoms with Crippen LogP contribution < -0.4 is 10.6 Å². The Morgan fingerprint density at radius 1 is 1.00 bits per heavy atom. The Labute approximate surface area is 234 Å². The SMILES string of the molecule is CC(C)(C)OC(=O)N1CCC(n2cc(-c3cnc(Cl)nc3Nc3ccc(NC(=O)C(C)(C)C)cc3)cn2)CC1. The molecule has 1 aliphatic heterocycles. The number of aromatic nitrogens is 4. The molecule has 39 heavy (non-hydrogen) atoms. The van der Waals surface area contributed by atoms with Gasteiger partial charge in [-0.15, -0.1) is 0 Å². The number of nitrogens with zero attached hydrogens (tertiary/aromatic N) is 5. The number of nitrogens with one attached hydrogen (secondary N) is 2. The Kier molecular flexibility index (Phi) is 8.15. The Balaban J connectivity index is 1.44. The van der Waals surface area contributed by atoms with Crippen LogP contribution in [0.2, 0.25) is 5.28 Å². The predicted molar refractivity (Wildman–Crippen MR) is 152 cm³/mol. The van der Waals surface area contributed by atoms with Crippen molar-refractivity contribution < 1.29 is 14.3 Å². The van der Waals surface area contributed by atoms with Crippen molar-refractivity contribution in [3.05, 3.63) is 48.1 Å². The quantitative estimate of drug-likeness (QED) is 0.356. The van der Waals surface area contributed by atoms with E-state index in [9.17, 15) is 9.59 Å². The summed E-state index contributed by atoms with van der Waals surface area (Å²) in [6, 6.07) is 7.55. The lowest BCUT2D eigenvalue weighted by Gasteiger charge is -2.33. The summed E-state index contributed by atoms with van der Waals surface area (Å²) in [6.07, 6.45) is 6.70. The molecule has 0 radical (unpaired) electrons. The lowest BCUT2D eigenvalue weighted by molar-refractivity contribution is -0.123. The van der Waals surface area contributed by atoms with Gasteiger partial charge in [0.05, 0.1) is 12.2 Å². The van der Waals surface area contributed by atoms with E-state index in [2.05, 4.69) is 25.7 Å². The van der Waals surface area contributed by atoms with Crippen LogP contribution in [0.15, 0.2) is 42.9 Å². The molecule has 2 N–H and O–H groups in total. The first-order chi connectivity index (χ1) is 18.3. The second-order valence-corrected chi connectivity index (χ2v) is 12.1. The maximum Gasteiger partial charge on any atom is 0.410 e. The molecule has 208 valence electrons. The topological polar surface area (TPSA) is 114 Å². The first kappa shape index (κ1) is 28.4. The molecule has 1 aromatic carbocycles. The van der Waals surface area contributed by atoms with E-state index in [1.807, 2.05) is 76.7 Å². The summed E-state index contributed by atoms with van der Waals surface area (Å²) in [6.45, 7) is 12.4. The molecule has 0 aliphatic carbocycles. The normalized spacial score (nSPS) is 14.7. The zero-order chi connectivity index (χ0) is 28.4. The summed E-state index contributed by atoms with van der Waals surface area (Å²) in [7, 11) is 0. The van der Waals surface area contributed by atoms with E-state index in [1.165, 1.54) is 0 Å². The Bertz CT molecular complexity index is 1320. The third kappa shape index (κ3) is 7.47. The fourth-order valence-corrected chi connectivity index (χ4v) is 4.21. The summed E-state index contributed by atoms with van der Waals surface area (Å²) in [5.74, 6) is 0.487. The molecule has 1 fully saturated rings. The number of benzene rings is 1. The number of hydrogen-bond acceptors (Lipinski definition) is 7.